The standard InChI is InChI=1S/C26H32N8O/c1-6-7-20(21-8-11-30-25(21,4)5)19-12-31-34(15-19)26(9-10-27)16-33(17-26)23-14-28-22(13-29-23)24(35)32-18(2)3/h6-8,11-15,18,30H,9,16-17H2,1-5H3,(H,32,35)/b7-6-,21-20+. The molecule has 9 heteroatoms. The lowest BCUT2D eigenvalue weighted by Gasteiger charge is -2.49. The molecule has 0 spiro atoms. The average Bonchev–Trinajstić information content (AvgIpc) is 3.40. The van der Waals surface area contributed by atoms with Crippen LogP contribution in [-0.2, 0) is 5.54 Å². The number of allylic oxidation sites excluding steroid dienone is 3. The van der Waals surface area contributed by atoms with E-state index in [-0.39, 0.29) is 23.2 Å². The van der Waals surface area contributed by atoms with Crippen molar-refractivity contribution in [2.45, 2.75) is 58.2 Å². The van der Waals surface area contributed by atoms with Gasteiger partial charge in [0, 0.05) is 30.9 Å². The number of aromatic nitrogens is 4. The summed E-state index contributed by atoms with van der Waals surface area (Å²) in [5.74, 6) is 0.430. The monoisotopic (exact) mass is 472 g/mol. The molecule has 2 N–H and O–H groups in total. The number of rotatable bonds is 7. The van der Waals surface area contributed by atoms with Gasteiger partial charge in [-0.05, 0) is 58.0 Å². The van der Waals surface area contributed by atoms with Gasteiger partial charge in [0.05, 0.1) is 36.6 Å². The fourth-order valence-corrected chi connectivity index (χ4v) is 4.52. The van der Waals surface area contributed by atoms with E-state index in [9.17, 15) is 10.1 Å². The van der Waals surface area contributed by atoms with Gasteiger partial charge in [-0.1, -0.05) is 12.2 Å². The normalized spacial score (nSPS) is 19.4. The number of amides is 1. The van der Waals surface area contributed by atoms with Gasteiger partial charge in [-0.25, -0.2) is 9.97 Å². The first kappa shape index (κ1) is 24.2. The predicted molar refractivity (Wildman–Crippen MR) is 135 cm³/mol. The van der Waals surface area contributed by atoms with E-state index in [2.05, 4.69) is 57.8 Å². The number of nitrogens with one attached hydrogen (secondary N) is 2. The Morgan fingerprint density at radius 3 is 2.63 bits per heavy atom. The Kier molecular flexibility index (Phi) is 6.48. The molecule has 182 valence electrons. The van der Waals surface area contributed by atoms with Crippen molar-refractivity contribution in [3.8, 4) is 6.07 Å². The molecule has 1 amide bonds. The molecule has 0 atom stereocenters. The molecule has 0 radical (unpaired) electrons. The highest BCUT2D eigenvalue weighted by Gasteiger charge is 2.46. The first-order valence-corrected chi connectivity index (χ1v) is 11.8. The van der Waals surface area contributed by atoms with Crippen LogP contribution in [0.4, 0.5) is 5.82 Å². The molecule has 0 aliphatic carbocycles. The summed E-state index contributed by atoms with van der Waals surface area (Å²) in [5.41, 5.74) is 2.96. The van der Waals surface area contributed by atoms with E-state index in [0.717, 1.165) is 11.1 Å². The number of carbonyl (C=O) groups excluding carboxylic acids is 1. The van der Waals surface area contributed by atoms with E-state index < -0.39 is 5.54 Å². The van der Waals surface area contributed by atoms with Crippen molar-refractivity contribution < 1.29 is 4.79 Å². The van der Waals surface area contributed by atoms with E-state index in [1.807, 2.05) is 55.0 Å². The van der Waals surface area contributed by atoms with Crippen LogP contribution in [0, 0.1) is 11.3 Å². The molecule has 0 bridgehead atoms. The second-order valence-corrected chi connectivity index (χ2v) is 9.91. The minimum absolute atomic E-state index is 0.0286. The van der Waals surface area contributed by atoms with Gasteiger partial charge in [0.2, 0.25) is 0 Å². The Bertz CT molecular complexity index is 1220. The Morgan fingerprint density at radius 1 is 1.29 bits per heavy atom. The summed E-state index contributed by atoms with van der Waals surface area (Å²) in [6.07, 6.45) is 15.5. The predicted octanol–water partition coefficient (Wildman–Crippen LogP) is 3.17. The van der Waals surface area contributed by atoms with Crippen molar-refractivity contribution in [3.63, 3.8) is 0 Å². The zero-order valence-electron chi connectivity index (χ0n) is 20.9. The minimum Gasteiger partial charge on any atom is -0.382 e. The SMILES string of the molecule is C/C=C\C(=C1\C=CNC1(C)C)c1cnn(C2(CC#N)CN(c3cnc(C(=O)NC(C)C)cn3)C2)c1. The van der Waals surface area contributed by atoms with Crippen molar-refractivity contribution >= 4 is 17.3 Å². The summed E-state index contributed by atoms with van der Waals surface area (Å²) < 4.78 is 1.92. The average molecular weight is 473 g/mol. The number of nitrogens with zero attached hydrogens (tertiary/aromatic N) is 6. The van der Waals surface area contributed by atoms with Crippen LogP contribution in [0.1, 0.15) is 57.1 Å². The Labute approximate surface area is 206 Å². The third kappa shape index (κ3) is 4.69. The Morgan fingerprint density at radius 2 is 2.06 bits per heavy atom. The van der Waals surface area contributed by atoms with Crippen molar-refractivity contribution in [1.82, 2.24) is 30.4 Å². The van der Waals surface area contributed by atoms with Gasteiger partial charge in [0.1, 0.15) is 17.1 Å². The number of carbonyl (C=O) groups is 1. The van der Waals surface area contributed by atoms with Crippen molar-refractivity contribution in [3.05, 3.63) is 66.0 Å². The molecule has 2 aliphatic heterocycles. The molecule has 1 saturated heterocycles. The summed E-state index contributed by atoms with van der Waals surface area (Å²) in [5, 5.41) is 20.5. The largest absolute Gasteiger partial charge is 0.382 e. The first-order chi connectivity index (χ1) is 16.7. The smallest absolute Gasteiger partial charge is 0.271 e. The fraction of sp³-hybridized carbons (Fsp3) is 0.423. The van der Waals surface area contributed by atoms with E-state index >= 15 is 0 Å². The summed E-state index contributed by atoms with van der Waals surface area (Å²) in [7, 11) is 0. The van der Waals surface area contributed by atoms with Crippen LogP contribution in [0.3, 0.4) is 0 Å². The third-order valence-corrected chi connectivity index (χ3v) is 6.36. The summed E-state index contributed by atoms with van der Waals surface area (Å²) in [4.78, 5) is 22.9. The Hall–Kier alpha value is -3.93. The molecule has 1 fully saturated rings. The quantitative estimate of drug-likeness (QED) is 0.637. The number of nitriles is 1. The molecule has 2 aromatic rings. The highest BCUT2D eigenvalue weighted by Crippen LogP contribution is 2.37. The topological polar surface area (TPSA) is 112 Å². The minimum atomic E-state index is -0.451. The lowest BCUT2D eigenvalue weighted by atomic mass is 9.86. The maximum Gasteiger partial charge on any atom is 0.271 e. The molecule has 0 unspecified atom stereocenters. The Balaban J connectivity index is 1.55. The fourth-order valence-electron chi connectivity index (χ4n) is 4.52. The zero-order valence-corrected chi connectivity index (χ0v) is 20.9. The molecular weight excluding hydrogens is 440 g/mol. The van der Waals surface area contributed by atoms with Gasteiger partial charge in [-0.15, -0.1) is 0 Å². The van der Waals surface area contributed by atoms with Crippen molar-refractivity contribution in [2.75, 3.05) is 18.0 Å². The van der Waals surface area contributed by atoms with E-state index in [4.69, 9.17) is 0 Å². The molecule has 9 nitrogen and oxygen atoms in total. The van der Waals surface area contributed by atoms with Crippen LogP contribution >= 0.6 is 0 Å². The van der Waals surface area contributed by atoms with Crippen molar-refractivity contribution in [1.29, 1.82) is 5.26 Å². The van der Waals surface area contributed by atoms with Gasteiger partial charge >= 0.3 is 0 Å². The highest BCUT2D eigenvalue weighted by atomic mass is 16.1. The molecule has 2 aliphatic rings. The van der Waals surface area contributed by atoms with Gasteiger partial charge in [-0.2, -0.15) is 10.4 Å². The zero-order chi connectivity index (χ0) is 25.2. The summed E-state index contributed by atoms with van der Waals surface area (Å²) in [6.45, 7) is 11.3. The summed E-state index contributed by atoms with van der Waals surface area (Å²) >= 11 is 0. The van der Waals surface area contributed by atoms with Crippen LogP contribution in [0.25, 0.3) is 5.57 Å². The van der Waals surface area contributed by atoms with Crippen LogP contribution in [0.15, 0.2) is 54.8 Å². The number of hydrogen-bond acceptors (Lipinski definition) is 7. The molecule has 0 aromatic carbocycles. The lowest BCUT2D eigenvalue weighted by Crippen LogP contribution is -2.63. The van der Waals surface area contributed by atoms with Gasteiger partial charge in [0.25, 0.3) is 5.91 Å². The molecular formula is C26H32N8O. The maximum absolute atomic E-state index is 12.1. The number of hydrogen-bond donors (Lipinski definition) is 2. The van der Waals surface area contributed by atoms with Crippen molar-refractivity contribution in [2.24, 2.45) is 0 Å². The molecule has 4 heterocycles. The van der Waals surface area contributed by atoms with Gasteiger partial charge < -0.3 is 15.5 Å². The lowest BCUT2D eigenvalue weighted by molar-refractivity contribution is 0.0937. The van der Waals surface area contributed by atoms with Crippen LogP contribution in [0.2, 0.25) is 0 Å². The van der Waals surface area contributed by atoms with Crippen LogP contribution in [-0.4, -0.2) is 50.3 Å². The van der Waals surface area contributed by atoms with E-state index in [0.29, 0.717) is 25.3 Å². The molecule has 35 heavy (non-hydrogen) atoms. The van der Waals surface area contributed by atoms with Crippen LogP contribution in [0.5, 0.6) is 0 Å². The van der Waals surface area contributed by atoms with E-state index in [1.54, 1.807) is 6.20 Å². The third-order valence-electron chi connectivity index (χ3n) is 6.36. The maximum atomic E-state index is 12.1. The number of anilines is 1. The summed E-state index contributed by atoms with van der Waals surface area (Å²) in [6, 6.07) is 2.36. The molecule has 4 rings (SSSR count). The first-order valence-electron chi connectivity index (χ1n) is 11.8. The van der Waals surface area contributed by atoms with Crippen LogP contribution < -0.4 is 15.5 Å². The van der Waals surface area contributed by atoms with E-state index in [1.165, 1.54) is 11.8 Å². The van der Waals surface area contributed by atoms with Gasteiger partial charge in [-0.3, -0.25) is 9.48 Å². The highest BCUT2D eigenvalue weighted by molar-refractivity contribution is 5.92. The second kappa shape index (κ2) is 9.37. The molecule has 0 saturated carbocycles. The molecule has 2 aromatic heterocycles. The second-order valence-electron chi connectivity index (χ2n) is 9.91. The van der Waals surface area contributed by atoms with Gasteiger partial charge in [0.15, 0.2) is 0 Å².